The highest BCUT2D eigenvalue weighted by atomic mass is 32.5. The number of aryl methyl sites for hydroxylation is 1. The van der Waals surface area contributed by atoms with Gasteiger partial charge in [-0.05, 0) is 51.3 Å². The summed E-state index contributed by atoms with van der Waals surface area (Å²) in [6.45, 7) is 9.96. The van der Waals surface area contributed by atoms with Crippen molar-refractivity contribution in [2.24, 2.45) is 5.41 Å². The molecular weight excluding hydrogens is 401 g/mol. The summed E-state index contributed by atoms with van der Waals surface area (Å²) in [5.74, 6) is 0.197. The van der Waals surface area contributed by atoms with Crippen molar-refractivity contribution in [3.63, 3.8) is 0 Å². The van der Waals surface area contributed by atoms with Crippen molar-refractivity contribution in [3.05, 3.63) is 22.2 Å². The van der Waals surface area contributed by atoms with Crippen LogP contribution in [0, 0.1) is 12.3 Å². The van der Waals surface area contributed by atoms with Crippen LogP contribution in [0.2, 0.25) is 0 Å². The molecule has 1 saturated heterocycles. The third-order valence-electron chi connectivity index (χ3n) is 4.14. The Kier molecular flexibility index (Phi) is 6.81. The summed E-state index contributed by atoms with van der Waals surface area (Å²) in [4.78, 5) is 26.7. The van der Waals surface area contributed by atoms with E-state index in [1.165, 1.54) is 4.57 Å². The number of nitrogen functional groups attached to an aromatic ring is 1. The number of rotatable bonds is 5. The lowest BCUT2D eigenvalue weighted by atomic mass is 9.87. The van der Waals surface area contributed by atoms with E-state index in [9.17, 15) is 9.69 Å². The van der Waals surface area contributed by atoms with Gasteiger partial charge in [0.2, 0.25) is 0 Å². The minimum absolute atomic E-state index is 0.0513. The zero-order valence-electron chi connectivity index (χ0n) is 17.6. The third kappa shape index (κ3) is 6.61. The fourth-order valence-corrected chi connectivity index (χ4v) is 5.39. The van der Waals surface area contributed by atoms with Crippen LogP contribution in [0.5, 0.6) is 0 Å². The maximum absolute atomic E-state index is 12.3. The lowest BCUT2D eigenvalue weighted by molar-refractivity contribution is -0.0388. The summed E-state index contributed by atoms with van der Waals surface area (Å²) < 4.78 is 19.0. The highest BCUT2D eigenvalue weighted by Crippen LogP contribution is 2.52. The monoisotopic (exact) mass is 433 g/mol. The van der Waals surface area contributed by atoms with Gasteiger partial charge in [0.1, 0.15) is 12.0 Å². The number of ether oxygens (including phenoxy) is 1. The molecule has 160 valence electrons. The molecule has 0 bridgehead atoms. The molecule has 0 aliphatic carbocycles. The minimum Gasteiger partial charge on any atom is -0.383 e. The van der Waals surface area contributed by atoms with Crippen molar-refractivity contribution in [1.82, 2.24) is 9.55 Å². The Morgan fingerprint density at radius 2 is 2.00 bits per heavy atom. The van der Waals surface area contributed by atoms with Gasteiger partial charge < -0.3 is 24.4 Å². The molecular formula is C18H32N3O5PS. The predicted octanol–water partition coefficient (Wildman–Crippen LogP) is 3.27. The number of hydrogen-bond acceptors (Lipinski definition) is 7. The van der Waals surface area contributed by atoms with E-state index in [1.807, 2.05) is 0 Å². The molecule has 10 heteroatoms. The molecule has 1 aliphatic rings. The van der Waals surface area contributed by atoms with Gasteiger partial charge in [-0.25, -0.2) is 4.79 Å². The summed E-state index contributed by atoms with van der Waals surface area (Å²) in [6.07, 6.45) is 1.20. The normalized spacial score (nSPS) is 25.6. The Morgan fingerprint density at radius 1 is 1.39 bits per heavy atom. The largest absolute Gasteiger partial charge is 0.383 e. The second-order valence-electron chi connectivity index (χ2n) is 9.44. The number of hydrogen-bond donors (Lipinski definition) is 2. The molecule has 0 aromatic carbocycles. The van der Waals surface area contributed by atoms with Crippen molar-refractivity contribution in [2.75, 3.05) is 5.73 Å². The number of nitrogens with two attached hydrogens (primary N) is 1. The molecule has 2 rings (SSSR count). The Hall–Kier alpha value is -0.830. The first-order valence-corrected chi connectivity index (χ1v) is 11.9. The topological polar surface area (TPSA) is 109 Å². The molecule has 2 unspecified atom stereocenters. The molecule has 4 atom stereocenters. The lowest BCUT2D eigenvalue weighted by Crippen LogP contribution is -2.30. The van der Waals surface area contributed by atoms with Crippen LogP contribution in [0.1, 0.15) is 66.2 Å². The minimum atomic E-state index is -3.48. The maximum atomic E-state index is 12.3. The van der Waals surface area contributed by atoms with E-state index in [0.717, 1.165) is 0 Å². The van der Waals surface area contributed by atoms with E-state index >= 15 is 0 Å². The second-order valence-corrected chi connectivity index (χ2v) is 12.2. The van der Waals surface area contributed by atoms with Crippen molar-refractivity contribution < 1.29 is 18.7 Å². The predicted molar refractivity (Wildman–Crippen MR) is 112 cm³/mol. The molecule has 1 fully saturated rings. The first-order valence-electron chi connectivity index (χ1n) is 9.29. The van der Waals surface area contributed by atoms with E-state index in [4.69, 9.17) is 31.3 Å². The van der Waals surface area contributed by atoms with Gasteiger partial charge in [-0.2, -0.15) is 4.98 Å². The molecule has 0 amide bonds. The fourth-order valence-electron chi connectivity index (χ4n) is 3.09. The second kappa shape index (κ2) is 8.13. The highest BCUT2D eigenvalue weighted by molar-refractivity contribution is 8.07. The van der Waals surface area contributed by atoms with Crippen LogP contribution in [-0.2, 0) is 25.6 Å². The SMILES string of the molecule is Cc1cn([C@H]2CC(OP(O)(=S)OC(C)(C)C)[C@@H](CC(C)(C)C)O2)c(=O)nc1N. The Bertz CT molecular complexity index is 815. The smallest absolute Gasteiger partial charge is 0.351 e. The summed E-state index contributed by atoms with van der Waals surface area (Å²) in [5, 5.41) is 0. The van der Waals surface area contributed by atoms with E-state index in [1.54, 1.807) is 33.9 Å². The van der Waals surface area contributed by atoms with Gasteiger partial charge >= 0.3 is 12.4 Å². The van der Waals surface area contributed by atoms with Gasteiger partial charge in [-0.3, -0.25) is 4.57 Å². The molecule has 1 aromatic heterocycles. The highest BCUT2D eigenvalue weighted by Gasteiger charge is 2.42. The zero-order valence-corrected chi connectivity index (χ0v) is 19.3. The van der Waals surface area contributed by atoms with E-state index in [2.05, 4.69) is 25.8 Å². The zero-order chi connectivity index (χ0) is 21.5. The quantitative estimate of drug-likeness (QED) is 0.681. The summed E-state index contributed by atoms with van der Waals surface area (Å²) in [5.41, 5.74) is 5.22. The van der Waals surface area contributed by atoms with Crippen LogP contribution in [0.15, 0.2) is 11.0 Å². The molecule has 28 heavy (non-hydrogen) atoms. The molecule has 0 radical (unpaired) electrons. The van der Waals surface area contributed by atoms with Crippen LogP contribution in [0.4, 0.5) is 5.82 Å². The molecule has 1 aliphatic heterocycles. The van der Waals surface area contributed by atoms with Crippen LogP contribution in [0.25, 0.3) is 0 Å². The average molecular weight is 434 g/mol. The first-order chi connectivity index (χ1) is 12.6. The molecule has 3 N–H and O–H groups in total. The van der Waals surface area contributed by atoms with Crippen molar-refractivity contribution in [3.8, 4) is 0 Å². The van der Waals surface area contributed by atoms with Gasteiger partial charge in [0, 0.05) is 18.2 Å². The Balaban J connectivity index is 2.29. The van der Waals surface area contributed by atoms with Gasteiger partial charge in [-0.1, -0.05) is 20.8 Å². The molecule has 0 saturated carbocycles. The van der Waals surface area contributed by atoms with E-state index < -0.39 is 30.3 Å². The third-order valence-corrected chi connectivity index (χ3v) is 5.93. The summed E-state index contributed by atoms with van der Waals surface area (Å²) >= 11 is 5.21. The number of nitrogens with zero attached hydrogens (tertiary/aromatic N) is 2. The summed E-state index contributed by atoms with van der Waals surface area (Å²) in [7, 11) is 0. The van der Waals surface area contributed by atoms with Gasteiger partial charge in [0.25, 0.3) is 0 Å². The van der Waals surface area contributed by atoms with Crippen LogP contribution < -0.4 is 11.4 Å². The summed E-state index contributed by atoms with van der Waals surface area (Å²) in [6, 6.07) is 0. The van der Waals surface area contributed by atoms with Gasteiger partial charge in [0.05, 0.1) is 17.8 Å². The lowest BCUT2D eigenvalue weighted by Gasteiger charge is -2.31. The maximum Gasteiger partial charge on any atom is 0.351 e. The first kappa shape index (κ1) is 23.4. The molecule has 0 spiro atoms. The van der Waals surface area contributed by atoms with Crippen LogP contribution >= 0.6 is 6.72 Å². The molecule has 8 nitrogen and oxygen atoms in total. The Labute approximate surface area is 171 Å². The van der Waals surface area contributed by atoms with Crippen LogP contribution in [0.3, 0.4) is 0 Å². The van der Waals surface area contributed by atoms with Crippen molar-refractivity contribution in [1.29, 1.82) is 0 Å². The van der Waals surface area contributed by atoms with E-state index in [-0.39, 0.29) is 17.3 Å². The molecule has 1 aromatic rings. The molecule has 2 heterocycles. The van der Waals surface area contributed by atoms with E-state index in [0.29, 0.717) is 18.4 Å². The fraction of sp³-hybridized carbons (Fsp3) is 0.778. The van der Waals surface area contributed by atoms with Gasteiger partial charge in [0.15, 0.2) is 0 Å². The number of anilines is 1. The van der Waals surface area contributed by atoms with Crippen molar-refractivity contribution >= 4 is 24.3 Å². The average Bonchev–Trinajstić information content (AvgIpc) is 2.79. The van der Waals surface area contributed by atoms with Crippen molar-refractivity contribution in [2.45, 2.75) is 85.3 Å². The van der Waals surface area contributed by atoms with Crippen LogP contribution in [-0.4, -0.2) is 32.3 Å². The standard InChI is InChI=1S/C18H32N3O5PS/c1-11-10-21(16(22)20-15(11)19)14-8-12(13(24-14)9-17(2,3)4)25-27(23,28)26-18(5,6)7/h10,12-14H,8-9H2,1-7H3,(H,23,28)(H2,19,20,22)/t12?,13-,14-,27?/m1/s1. The van der Waals surface area contributed by atoms with Gasteiger partial charge in [-0.15, -0.1) is 0 Å². The Morgan fingerprint density at radius 3 is 2.54 bits per heavy atom. The number of aromatic nitrogens is 2.